The molecule has 1 aliphatic heterocycles. The fraction of sp³-hybridized carbons (Fsp3) is 0.109. The van der Waals surface area contributed by atoms with Crippen LogP contribution in [0.25, 0.3) is 27.6 Å². The van der Waals surface area contributed by atoms with E-state index in [0.717, 1.165) is 45.0 Å². The Kier molecular flexibility index (Phi) is 7.45. The van der Waals surface area contributed by atoms with Gasteiger partial charge in [-0.2, -0.15) is 5.06 Å². The van der Waals surface area contributed by atoms with Crippen LogP contribution in [0.3, 0.4) is 0 Å². The van der Waals surface area contributed by atoms with Crippen molar-refractivity contribution in [1.82, 2.24) is 9.55 Å². The van der Waals surface area contributed by atoms with Gasteiger partial charge in [0.05, 0.1) is 33.5 Å². The van der Waals surface area contributed by atoms with Gasteiger partial charge in [0.1, 0.15) is 5.82 Å². The van der Waals surface area contributed by atoms with Gasteiger partial charge in [0.15, 0.2) is 0 Å². The number of hydrogen-bond donors (Lipinski definition) is 0. The van der Waals surface area contributed by atoms with Crippen molar-refractivity contribution in [3.8, 4) is 5.82 Å². The zero-order chi connectivity index (χ0) is 34.5. The lowest BCUT2D eigenvalue weighted by Crippen LogP contribution is -2.31. The van der Waals surface area contributed by atoms with Gasteiger partial charge in [0.2, 0.25) is 0 Å². The van der Waals surface area contributed by atoms with E-state index in [1.807, 2.05) is 29.4 Å². The molecule has 0 fully saturated rings. The summed E-state index contributed by atoms with van der Waals surface area (Å²) in [5.74, 6) is 1.31. The number of para-hydroxylation sites is 3. The molecular formula is C46H38N4O. The SMILES string of the molecule is CC(C)c1ccnc(-n2c3ccccc3c3ccc(C(c4ccccc4)(c4ccccc4)c4cccc(N5ON(C)c6ccccc65)c4)cc32)c1. The quantitative estimate of drug-likeness (QED) is 0.159. The highest BCUT2D eigenvalue weighted by atomic mass is 16.8. The predicted octanol–water partition coefficient (Wildman–Crippen LogP) is 11.1. The molecular weight excluding hydrogens is 625 g/mol. The van der Waals surface area contributed by atoms with Gasteiger partial charge >= 0.3 is 0 Å². The topological polar surface area (TPSA) is 33.5 Å². The summed E-state index contributed by atoms with van der Waals surface area (Å²) >= 11 is 0. The van der Waals surface area contributed by atoms with Crippen LogP contribution >= 0.6 is 0 Å². The van der Waals surface area contributed by atoms with Gasteiger partial charge < -0.3 is 0 Å². The standard InChI is InChI=1S/C46H38N4O/c1-32(2)33-27-28-47-45(29-33)49-41-22-11-10-21-39(41)40-26-25-37(31-44(40)49)46(34-15-6-4-7-16-34,35-17-8-5-9-18-35)36-19-14-20-38(30-36)50-43-24-13-12-23-42(43)48(3)51-50/h4-32H,1-3H3. The number of pyridine rings is 1. The van der Waals surface area contributed by atoms with E-state index in [0.29, 0.717) is 5.92 Å². The van der Waals surface area contributed by atoms with Crippen molar-refractivity contribution in [2.45, 2.75) is 25.2 Å². The molecule has 0 spiro atoms. The first-order valence-corrected chi connectivity index (χ1v) is 17.6. The average molecular weight is 663 g/mol. The van der Waals surface area contributed by atoms with Crippen molar-refractivity contribution in [3.63, 3.8) is 0 Å². The molecule has 0 bridgehead atoms. The molecule has 5 nitrogen and oxygen atoms in total. The summed E-state index contributed by atoms with van der Waals surface area (Å²) in [6.45, 7) is 4.46. The number of hydroxylamine groups is 1. The Morgan fingerprint density at radius 2 is 1.18 bits per heavy atom. The zero-order valence-electron chi connectivity index (χ0n) is 28.9. The number of nitrogens with zero attached hydrogens (tertiary/aromatic N) is 4. The summed E-state index contributed by atoms with van der Waals surface area (Å²) < 4.78 is 2.34. The second kappa shape index (κ2) is 12.3. The third-order valence-corrected chi connectivity index (χ3v) is 10.3. The number of anilines is 3. The lowest BCUT2D eigenvalue weighted by atomic mass is 9.65. The molecule has 1 aliphatic rings. The van der Waals surface area contributed by atoms with Crippen LogP contribution in [0.5, 0.6) is 0 Å². The fourth-order valence-electron chi connectivity index (χ4n) is 7.91. The van der Waals surface area contributed by atoms with E-state index in [4.69, 9.17) is 9.92 Å². The molecule has 248 valence electrons. The van der Waals surface area contributed by atoms with Crippen LogP contribution in [0.1, 0.15) is 47.6 Å². The first-order chi connectivity index (χ1) is 25.0. The normalized spacial score (nSPS) is 13.0. The maximum absolute atomic E-state index is 6.34. The molecule has 0 N–H and O–H groups in total. The van der Waals surface area contributed by atoms with E-state index in [9.17, 15) is 0 Å². The van der Waals surface area contributed by atoms with Gasteiger partial charge in [-0.05, 0) is 82.3 Å². The maximum atomic E-state index is 6.34. The van der Waals surface area contributed by atoms with Crippen molar-refractivity contribution < 1.29 is 4.94 Å². The molecule has 0 atom stereocenters. The Labute approximate surface area is 298 Å². The smallest absolute Gasteiger partial charge is 0.137 e. The molecule has 5 heteroatoms. The summed E-state index contributed by atoms with van der Waals surface area (Å²) in [5.41, 5.74) is 10.5. The Morgan fingerprint density at radius 3 is 1.92 bits per heavy atom. The molecule has 0 unspecified atom stereocenters. The van der Waals surface area contributed by atoms with Gasteiger partial charge in [0, 0.05) is 24.0 Å². The van der Waals surface area contributed by atoms with E-state index in [1.165, 1.54) is 27.5 Å². The molecule has 6 aromatic carbocycles. The summed E-state index contributed by atoms with van der Waals surface area (Å²) in [6, 6.07) is 58.9. The Bertz CT molecular complexity index is 2480. The van der Waals surface area contributed by atoms with Gasteiger partial charge in [0.25, 0.3) is 0 Å². The van der Waals surface area contributed by atoms with Crippen molar-refractivity contribution in [2.75, 3.05) is 17.2 Å². The van der Waals surface area contributed by atoms with Crippen molar-refractivity contribution >= 4 is 38.9 Å². The van der Waals surface area contributed by atoms with E-state index < -0.39 is 5.41 Å². The molecule has 0 aliphatic carbocycles. The minimum Gasteiger partial charge on any atom is -0.294 e. The summed E-state index contributed by atoms with van der Waals surface area (Å²) in [6.07, 6.45) is 1.94. The Hall–Kier alpha value is -6.17. The summed E-state index contributed by atoms with van der Waals surface area (Å²) in [7, 11) is 1.95. The van der Waals surface area contributed by atoms with Gasteiger partial charge in [-0.25, -0.2) is 10.0 Å². The van der Waals surface area contributed by atoms with Crippen LogP contribution in [0.2, 0.25) is 0 Å². The minimum atomic E-state index is -0.674. The van der Waals surface area contributed by atoms with Crippen LogP contribution in [0.15, 0.2) is 170 Å². The summed E-state index contributed by atoms with van der Waals surface area (Å²) in [5, 5.41) is 6.14. The van der Waals surface area contributed by atoms with Crippen LogP contribution in [0.4, 0.5) is 17.1 Å². The highest BCUT2D eigenvalue weighted by Crippen LogP contribution is 2.49. The highest BCUT2D eigenvalue weighted by molar-refractivity contribution is 6.09. The Morgan fingerprint density at radius 1 is 0.549 bits per heavy atom. The average Bonchev–Trinajstić information content (AvgIpc) is 3.70. The predicted molar refractivity (Wildman–Crippen MR) is 209 cm³/mol. The number of rotatable bonds is 7. The first kappa shape index (κ1) is 30.9. The molecule has 3 heterocycles. The highest BCUT2D eigenvalue weighted by Gasteiger charge is 2.40. The van der Waals surface area contributed by atoms with Crippen molar-refractivity contribution in [3.05, 3.63) is 198 Å². The molecule has 0 amide bonds. The van der Waals surface area contributed by atoms with Crippen LogP contribution in [-0.4, -0.2) is 16.6 Å². The largest absolute Gasteiger partial charge is 0.294 e. The molecule has 9 rings (SSSR count). The first-order valence-electron chi connectivity index (χ1n) is 17.6. The third kappa shape index (κ3) is 4.92. The maximum Gasteiger partial charge on any atom is 0.137 e. The van der Waals surface area contributed by atoms with E-state index >= 15 is 0 Å². The van der Waals surface area contributed by atoms with Crippen LogP contribution < -0.4 is 10.1 Å². The van der Waals surface area contributed by atoms with Crippen molar-refractivity contribution in [2.24, 2.45) is 0 Å². The van der Waals surface area contributed by atoms with E-state index in [-0.39, 0.29) is 0 Å². The molecule has 0 saturated heterocycles. The van der Waals surface area contributed by atoms with E-state index in [2.05, 4.69) is 176 Å². The lowest BCUT2D eigenvalue weighted by molar-refractivity contribution is 0.142. The van der Waals surface area contributed by atoms with Crippen LogP contribution in [0, 0.1) is 0 Å². The Balaban J connectivity index is 1.35. The zero-order valence-corrected chi connectivity index (χ0v) is 28.9. The van der Waals surface area contributed by atoms with E-state index in [1.54, 1.807) is 0 Å². The number of aromatic nitrogens is 2. The van der Waals surface area contributed by atoms with Gasteiger partial charge in [-0.3, -0.25) is 4.57 Å². The fourth-order valence-corrected chi connectivity index (χ4v) is 7.91. The lowest BCUT2D eigenvalue weighted by Gasteiger charge is -2.37. The molecule has 2 aromatic heterocycles. The van der Waals surface area contributed by atoms with Crippen molar-refractivity contribution in [1.29, 1.82) is 0 Å². The van der Waals surface area contributed by atoms with Gasteiger partial charge in [-0.15, -0.1) is 4.94 Å². The van der Waals surface area contributed by atoms with Crippen LogP contribution in [-0.2, 0) is 10.4 Å². The molecule has 51 heavy (non-hydrogen) atoms. The number of fused-ring (bicyclic) bond motifs is 4. The van der Waals surface area contributed by atoms with Gasteiger partial charge in [-0.1, -0.05) is 129 Å². The molecule has 8 aromatic rings. The minimum absolute atomic E-state index is 0.387. The molecule has 0 saturated carbocycles. The summed E-state index contributed by atoms with van der Waals surface area (Å²) in [4.78, 5) is 11.3. The second-order valence-electron chi connectivity index (χ2n) is 13.6. The third-order valence-electron chi connectivity index (χ3n) is 10.3. The molecule has 0 radical (unpaired) electrons. The monoisotopic (exact) mass is 662 g/mol. The second-order valence-corrected chi connectivity index (χ2v) is 13.6. The number of hydrogen-bond acceptors (Lipinski definition) is 4. The number of benzene rings is 6.